The van der Waals surface area contributed by atoms with E-state index >= 15 is 0 Å². The number of hydrazone groups is 1. The second-order valence-corrected chi connectivity index (χ2v) is 9.88. The molecule has 1 heterocycles. The van der Waals surface area contributed by atoms with E-state index in [1.807, 2.05) is 11.9 Å². The highest BCUT2D eigenvalue weighted by molar-refractivity contribution is 6.01. The Bertz CT molecular complexity index is 1200. The maximum absolute atomic E-state index is 13.5. The van der Waals surface area contributed by atoms with E-state index in [1.54, 1.807) is 20.0 Å². The molecule has 0 bridgehead atoms. The molecule has 0 radical (unpaired) electrons. The predicted molar refractivity (Wildman–Crippen MR) is 143 cm³/mol. The van der Waals surface area contributed by atoms with Crippen molar-refractivity contribution in [1.29, 1.82) is 5.41 Å². The average molecular weight is 573 g/mol. The summed E-state index contributed by atoms with van der Waals surface area (Å²) in [6.07, 6.45) is -6.64. The number of hydrogen-bond donors (Lipinski definition) is 4. The van der Waals surface area contributed by atoms with E-state index in [9.17, 15) is 26.3 Å². The summed E-state index contributed by atoms with van der Waals surface area (Å²) in [5, 5.41) is 15.1. The Balaban J connectivity index is 2.09. The molecule has 1 aliphatic carbocycles. The van der Waals surface area contributed by atoms with Crippen molar-refractivity contribution in [3.8, 4) is 0 Å². The van der Waals surface area contributed by atoms with Gasteiger partial charge < -0.3 is 31.7 Å². The van der Waals surface area contributed by atoms with E-state index in [2.05, 4.69) is 15.8 Å². The van der Waals surface area contributed by atoms with Crippen molar-refractivity contribution in [2.24, 2.45) is 16.8 Å². The molecule has 14 heteroatoms. The molecule has 2 aromatic rings. The molecule has 5 N–H and O–H groups in total. The Morgan fingerprint density at radius 1 is 1.05 bits per heavy atom. The highest BCUT2D eigenvalue weighted by Crippen LogP contribution is 2.37. The maximum Gasteiger partial charge on any atom is 0.416 e. The van der Waals surface area contributed by atoms with Crippen molar-refractivity contribution in [3.63, 3.8) is 0 Å². The Hall–Kier alpha value is -3.71. The fraction of sp³-hybridized carbons (Fsp3) is 0.500. The number of alkyl halides is 6. The molecule has 0 amide bonds. The predicted octanol–water partition coefficient (Wildman–Crippen LogP) is 5.24. The lowest BCUT2D eigenvalue weighted by Gasteiger charge is -2.33. The summed E-state index contributed by atoms with van der Waals surface area (Å²) < 4.78 is 81.0. The minimum Gasteiger partial charge on any atom is -0.373 e. The van der Waals surface area contributed by atoms with Crippen LogP contribution in [0, 0.1) is 11.3 Å². The average Bonchev–Trinajstić information content (AvgIpc) is 2.84. The normalized spacial score (nSPS) is 14.5. The van der Waals surface area contributed by atoms with Crippen LogP contribution in [-0.2, 0) is 25.4 Å². The van der Waals surface area contributed by atoms with Crippen LogP contribution in [-0.4, -0.2) is 49.2 Å². The molecule has 0 unspecified atom stereocenters. The first-order chi connectivity index (χ1) is 18.6. The number of rotatable bonds is 10. The maximum atomic E-state index is 13.5. The van der Waals surface area contributed by atoms with Gasteiger partial charge in [0.2, 0.25) is 5.96 Å². The van der Waals surface area contributed by atoms with Crippen molar-refractivity contribution in [1.82, 2.24) is 15.3 Å². The second-order valence-electron chi connectivity index (χ2n) is 9.88. The lowest BCUT2D eigenvalue weighted by molar-refractivity contribution is -0.143. The SMILES string of the molecule is CN/N=C(\N)N(Cc1cc(C(F)(F)F)cc(C(F)(F)F)c1)Cc1cc(C(C)=N)c(NC)nc1N(C)CC1CCC1. The first-order valence-corrected chi connectivity index (χ1v) is 12.7. The zero-order valence-corrected chi connectivity index (χ0v) is 22.8. The molecule has 1 aromatic heterocycles. The van der Waals surface area contributed by atoms with Gasteiger partial charge in [0.25, 0.3) is 0 Å². The molecular weight excluding hydrogens is 538 g/mol. The summed E-state index contributed by atoms with van der Waals surface area (Å²) in [7, 11) is 5.02. The van der Waals surface area contributed by atoms with Gasteiger partial charge >= 0.3 is 12.4 Å². The number of halogens is 6. The van der Waals surface area contributed by atoms with E-state index < -0.39 is 30.0 Å². The smallest absolute Gasteiger partial charge is 0.373 e. The third kappa shape index (κ3) is 7.48. The number of aromatic nitrogens is 1. The van der Waals surface area contributed by atoms with E-state index in [0.717, 1.165) is 19.3 Å². The number of nitrogens with two attached hydrogens (primary N) is 1. The zero-order chi connectivity index (χ0) is 29.8. The molecular formula is C26H34F6N8. The van der Waals surface area contributed by atoms with E-state index in [1.165, 1.54) is 11.9 Å². The number of benzene rings is 1. The van der Waals surface area contributed by atoms with Crippen LogP contribution < -0.4 is 21.4 Å². The van der Waals surface area contributed by atoms with Crippen molar-refractivity contribution < 1.29 is 26.3 Å². The van der Waals surface area contributed by atoms with Crippen LogP contribution in [0.3, 0.4) is 0 Å². The summed E-state index contributed by atoms with van der Waals surface area (Å²) in [6.45, 7) is 1.86. The summed E-state index contributed by atoms with van der Waals surface area (Å²) in [4.78, 5) is 8.07. The zero-order valence-electron chi connectivity index (χ0n) is 22.8. The number of hydrogen-bond acceptors (Lipinski definition) is 6. The Morgan fingerprint density at radius 2 is 1.65 bits per heavy atom. The van der Waals surface area contributed by atoms with E-state index in [4.69, 9.17) is 16.1 Å². The second kappa shape index (κ2) is 12.2. The first kappa shape index (κ1) is 30.8. The molecule has 8 nitrogen and oxygen atoms in total. The molecule has 1 fully saturated rings. The Labute approximate surface area is 229 Å². The number of anilines is 2. The summed E-state index contributed by atoms with van der Waals surface area (Å²) in [6, 6.07) is 3.18. The number of nitrogens with zero attached hydrogens (tertiary/aromatic N) is 4. The molecule has 0 atom stereocenters. The third-order valence-corrected chi connectivity index (χ3v) is 6.77. The highest BCUT2D eigenvalue weighted by Gasteiger charge is 2.37. The van der Waals surface area contributed by atoms with Crippen molar-refractivity contribution in [3.05, 3.63) is 52.1 Å². The van der Waals surface area contributed by atoms with Gasteiger partial charge in [0, 0.05) is 57.6 Å². The Morgan fingerprint density at radius 3 is 2.10 bits per heavy atom. The van der Waals surface area contributed by atoms with Crippen LogP contribution in [0.25, 0.3) is 0 Å². The standard InChI is InChI=1S/C26H34F6N8/c1-15(33)21-10-18(23(37-22(21)35-2)39(4)12-16-6-5-7-16)14-40(24(34)38-36-3)13-17-8-19(25(27,28)29)11-20(9-17)26(30,31)32/h8-11,16,33,36H,5-7,12-14H2,1-4H3,(H2,34,38)(H,35,37). The van der Waals surface area contributed by atoms with Gasteiger partial charge in [-0.05, 0) is 55.5 Å². The molecule has 1 aliphatic rings. The van der Waals surface area contributed by atoms with Gasteiger partial charge in [0.15, 0.2) is 0 Å². The van der Waals surface area contributed by atoms with E-state index in [-0.39, 0.29) is 29.8 Å². The van der Waals surface area contributed by atoms with Gasteiger partial charge in [-0.1, -0.05) is 6.42 Å². The fourth-order valence-electron chi connectivity index (χ4n) is 4.56. The first-order valence-electron chi connectivity index (χ1n) is 12.7. The minimum absolute atomic E-state index is 0.0454. The summed E-state index contributed by atoms with van der Waals surface area (Å²) in [5.74, 6) is 1.37. The van der Waals surface area contributed by atoms with Crippen LogP contribution in [0.4, 0.5) is 38.0 Å². The topological polar surface area (TPSA) is 106 Å². The monoisotopic (exact) mass is 572 g/mol. The third-order valence-electron chi connectivity index (χ3n) is 6.77. The van der Waals surface area contributed by atoms with Crippen LogP contribution in [0.2, 0.25) is 0 Å². The van der Waals surface area contributed by atoms with Crippen LogP contribution >= 0.6 is 0 Å². The molecule has 1 aromatic carbocycles. The fourth-order valence-corrected chi connectivity index (χ4v) is 4.56. The van der Waals surface area contributed by atoms with Gasteiger partial charge in [-0.2, -0.15) is 26.3 Å². The van der Waals surface area contributed by atoms with Gasteiger partial charge in [-0.3, -0.25) is 0 Å². The lowest BCUT2D eigenvalue weighted by atomic mass is 9.85. The minimum atomic E-state index is -4.98. The number of pyridine rings is 1. The molecule has 0 spiro atoms. The molecule has 220 valence electrons. The van der Waals surface area contributed by atoms with Crippen molar-refractivity contribution >= 4 is 23.3 Å². The molecule has 0 saturated heterocycles. The molecule has 3 rings (SSSR count). The van der Waals surface area contributed by atoms with Gasteiger partial charge in [0.05, 0.1) is 11.1 Å². The molecule has 0 aliphatic heterocycles. The molecule has 1 saturated carbocycles. The van der Waals surface area contributed by atoms with Crippen molar-refractivity contribution in [2.75, 3.05) is 37.9 Å². The number of nitrogens with one attached hydrogen (secondary N) is 3. The summed E-state index contributed by atoms with van der Waals surface area (Å²) in [5.41, 5.74) is 6.89. The lowest BCUT2D eigenvalue weighted by Crippen LogP contribution is -2.38. The van der Waals surface area contributed by atoms with Crippen LogP contribution in [0.15, 0.2) is 29.4 Å². The molecule has 40 heavy (non-hydrogen) atoms. The van der Waals surface area contributed by atoms with Gasteiger partial charge in [-0.25, -0.2) is 4.98 Å². The Kier molecular flexibility index (Phi) is 9.41. The quantitative estimate of drug-likeness (QED) is 0.134. The number of guanidine groups is 1. The van der Waals surface area contributed by atoms with Crippen LogP contribution in [0.1, 0.15) is 54.0 Å². The van der Waals surface area contributed by atoms with Crippen LogP contribution in [0.5, 0.6) is 0 Å². The van der Waals surface area contributed by atoms with Gasteiger partial charge in [-0.15, -0.1) is 5.10 Å². The van der Waals surface area contributed by atoms with Crippen molar-refractivity contribution in [2.45, 2.75) is 51.6 Å². The van der Waals surface area contributed by atoms with Gasteiger partial charge in [0.1, 0.15) is 11.6 Å². The highest BCUT2D eigenvalue weighted by atomic mass is 19.4. The largest absolute Gasteiger partial charge is 0.416 e. The summed E-state index contributed by atoms with van der Waals surface area (Å²) >= 11 is 0. The van der Waals surface area contributed by atoms with E-state index in [0.29, 0.717) is 47.4 Å².